The van der Waals surface area contributed by atoms with Gasteiger partial charge in [-0.15, -0.1) is 0 Å². The van der Waals surface area contributed by atoms with E-state index in [2.05, 4.69) is 20.2 Å². The van der Waals surface area contributed by atoms with Crippen molar-refractivity contribution in [3.63, 3.8) is 0 Å². The molecule has 1 aromatic rings. The van der Waals surface area contributed by atoms with E-state index >= 15 is 0 Å². The highest BCUT2D eigenvalue weighted by molar-refractivity contribution is 7.99. The molecule has 4 rings (SSSR count). The van der Waals surface area contributed by atoms with E-state index < -0.39 is 5.41 Å². The number of anilines is 1. The molecule has 0 aromatic carbocycles. The highest BCUT2D eigenvalue weighted by Crippen LogP contribution is 2.44. The molecule has 3 N–H and O–H groups in total. The van der Waals surface area contributed by atoms with Crippen LogP contribution in [0.5, 0.6) is 0 Å². The first-order valence-corrected chi connectivity index (χ1v) is 12.2. The summed E-state index contributed by atoms with van der Waals surface area (Å²) in [6.07, 6.45) is 5.68. The average molecular weight is 432 g/mol. The normalized spacial score (nSPS) is 26.7. The minimum Gasteiger partial charge on any atom is -0.397 e. The van der Waals surface area contributed by atoms with Crippen LogP contribution in [-0.4, -0.2) is 59.2 Å². The first-order valence-electron chi connectivity index (χ1n) is 11.1. The summed E-state index contributed by atoms with van der Waals surface area (Å²) in [5.74, 6) is 1.77. The summed E-state index contributed by atoms with van der Waals surface area (Å²) in [6, 6.07) is 1.75. The van der Waals surface area contributed by atoms with E-state index in [-0.39, 0.29) is 11.6 Å². The maximum absolute atomic E-state index is 13.3. The number of nitrogens with zero attached hydrogens (tertiary/aromatic N) is 3. The Morgan fingerprint density at radius 1 is 1.20 bits per heavy atom. The summed E-state index contributed by atoms with van der Waals surface area (Å²) in [5.41, 5.74) is 7.09. The van der Waals surface area contributed by atoms with Gasteiger partial charge in [-0.2, -0.15) is 11.8 Å². The molecule has 1 saturated carbocycles. The molecule has 0 bridgehead atoms. The molecule has 2 saturated heterocycles. The fourth-order valence-electron chi connectivity index (χ4n) is 4.28. The summed E-state index contributed by atoms with van der Waals surface area (Å²) < 4.78 is 0. The molecule has 2 aliphatic heterocycles. The third kappa shape index (κ3) is 4.54. The monoisotopic (exact) mass is 431 g/mol. The Morgan fingerprint density at radius 2 is 2.03 bits per heavy atom. The average Bonchev–Trinajstić information content (AvgIpc) is 3.08. The van der Waals surface area contributed by atoms with Crippen molar-refractivity contribution in [1.29, 1.82) is 0 Å². The zero-order chi connectivity index (χ0) is 21.6. The molecule has 1 atom stereocenters. The van der Waals surface area contributed by atoms with Gasteiger partial charge in [-0.3, -0.25) is 9.59 Å². The van der Waals surface area contributed by atoms with Crippen molar-refractivity contribution < 1.29 is 9.59 Å². The van der Waals surface area contributed by atoms with E-state index in [1.54, 1.807) is 24.0 Å². The molecule has 164 valence electrons. The van der Waals surface area contributed by atoms with Crippen molar-refractivity contribution in [1.82, 2.24) is 15.3 Å². The van der Waals surface area contributed by atoms with Crippen LogP contribution >= 0.6 is 11.8 Å². The van der Waals surface area contributed by atoms with Gasteiger partial charge in [0.15, 0.2) is 5.78 Å². The minimum atomic E-state index is -0.868. The highest BCUT2D eigenvalue weighted by atomic mass is 32.2. The number of nitrogens with two attached hydrogens (primary N) is 1. The van der Waals surface area contributed by atoms with Crippen LogP contribution in [0.15, 0.2) is 17.8 Å². The molecule has 1 spiro atoms. The molecule has 3 aliphatic rings. The summed E-state index contributed by atoms with van der Waals surface area (Å²) in [5, 5.41) is 3.37. The number of hydrogen-bond acceptors (Lipinski definition) is 8. The van der Waals surface area contributed by atoms with Crippen LogP contribution in [0.2, 0.25) is 0 Å². The summed E-state index contributed by atoms with van der Waals surface area (Å²) in [7, 11) is 0. The van der Waals surface area contributed by atoms with Crippen molar-refractivity contribution in [3.8, 4) is 0 Å². The maximum Gasteiger partial charge on any atom is 0.225 e. The molecule has 0 amide bonds. The van der Waals surface area contributed by atoms with Gasteiger partial charge in [0.2, 0.25) is 5.95 Å². The summed E-state index contributed by atoms with van der Waals surface area (Å²) in [4.78, 5) is 37.2. The largest absolute Gasteiger partial charge is 0.397 e. The van der Waals surface area contributed by atoms with Gasteiger partial charge in [0.05, 0.1) is 11.4 Å². The van der Waals surface area contributed by atoms with Crippen molar-refractivity contribution in [2.24, 2.45) is 11.1 Å². The van der Waals surface area contributed by atoms with Crippen LogP contribution in [0.25, 0.3) is 5.70 Å². The van der Waals surface area contributed by atoms with Crippen molar-refractivity contribution >= 4 is 35.0 Å². The fourth-order valence-corrected chi connectivity index (χ4v) is 5.66. The first-order chi connectivity index (χ1) is 14.6. The Labute approximate surface area is 183 Å². The van der Waals surface area contributed by atoms with Crippen molar-refractivity contribution in [3.05, 3.63) is 23.5 Å². The Hall–Kier alpha value is -1.93. The number of carbonyl (C=O) groups is 2. The van der Waals surface area contributed by atoms with Crippen LogP contribution in [0, 0.1) is 5.41 Å². The number of ketones is 2. The van der Waals surface area contributed by atoms with Crippen LogP contribution in [0.3, 0.4) is 0 Å². The number of nitrogens with one attached hydrogen (secondary N) is 1. The second-order valence-corrected chi connectivity index (χ2v) is 8.74. The quantitative estimate of drug-likeness (QED) is 0.544. The second-order valence-electron chi connectivity index (χ2n) is 7.76. The van der Waals surface area contributed by atoms with Crippen LogP contribution < -0.4 is 16.0 Å². The lowest BCUT2D eigenvalue weighted by Gasteiger charge is -2.38. The van der Waals surface area contributed by atoms with E-state index in [0.717, 1.165) is 45.4 Å². The van der Waals surface area contributed by atoms with Gasteiger partial charge in [-0.1, -0.05) is 20.3 Å². The molecule has 30 heavy (non-hydrogen) atoms. The number of carbonyl (C=O) groups excluding carboxylic acids is 2. The van der Waals surface area contributed by atoms with E-state index in [4.69, 9.17) is 5.73 Å². The van der Waals surface area contributed by atoms with Gasteiger partial charge in [0, 0.05) is 49.3 Å². The lowest BCUT2D eigenvalue weighted by molar-refractivity contribution is -0.139. The zero-order valence-electron chi connectivity index (χ0n) is 18.1. The number of Topliss-reactive ketones (excluding diaryl/α,β-unsaturated/α-hetero) is 2. The number of hydrogen-bond donors (Lipinski definition) is 2. The SMILES string of the molecule is CC.N/C(=C1/CSCC2(CCCCC2=O)C1=O)c1ccnc(N2CCCNCC2)n1. The number of rotatable bonds is 2. The topological polar surface area (TPSA) is 101 Å². The molecule has 1 unspecified atom stereocenters. The molecule has 3 fully saturated rings. The lowest BCUT2D eigenvalue weighted by Crippen LogP contribution is -2.47. The Morgan fingerprint density at radius 3 is 2.83 bits per heavy atom. The van der Waals surface area contributed by atoms with Gasteiger partial charge in [-0.25, -0.2) is 9.97 Å². The second kappa shape index (κ2) is 10.4. The Bertz CT molecular complexity index is 800. The maximum atomic E-state index is 13.3. The smallest absolute Gasteiger partial charge is 0.225 e. The molecule has 3 heterocycles. The Kier molecular flexibility index (Phi) is 7.88. The van der Waals surface area contributed by atoms with Gasteiger partial charge in [-0.05, 0) is 31.9 Å². The lowest BCUT2D eigenvalue weighted by atomic mass is 9.69. The summed E-state index contributed by atoms with van der Waals surface area (Å²) in [6.45, 7) is 7.61. The van der Waals surface area contributed by atoms with Crippen LogP contribution in [0.1, 0.15) is 51.6 Å². The minimum absolute atomic E-state index is 0.0763. The van der Waals surface area contributed by atoms with E-state index in [1.807, 2.05) is 13.8 Å². The van der Waals surface area contributed by atoms with Gasteiger partial charge < -0.3 is 16.0 Å². The van der Waals surface area contributed by atoms with Crippen LogP contribution in [-0.2, 0) is 9.59 Å². The Balaban J connectivity index is 0.00000124. The number of thioether (sulfide) groups is 1. The van der Waals surface area contributed by atoms with E-state index in [9.17, 15) is 9.59 Å². The van der Waals surface area contributed by atoms with Gasteiger partial charge in [0.25, 0.3) is 0 Å². The van der Waals surface area contributed by atoms with E-state index in [1.165, 1.54) is 0 Å². The first kappa shape index (κ1) is 22.7. The standard InChI is InChI=1S/C20H27N5O2S.C2H6/c21-17(14-12-28-13-20(18(14)27)6-2-1-4-16(20)26)15-5-8-23-19(24-15)25-10-3-7-22-9-11-25;1-2/h5,8,22H,1-4,6-7,9-13,21H2;1-2H3/b17-14-;. The number of aromatic nitrogens is 2. The third-order valence-electron chi connectivity index (χ3n) is 5.96. The molecule has 1 aromatic heterocycles. The van der Waals surface area contributed by atoms with Crippen molar-refractivity contribution in [2.45, 2.75) is 46.0 Å². The van der Waals surface area contributed by atoms with Crippen molar-refractivity contribution in [2.75, 3.05) is 42.6 Å². The molecular weight excluding hydrogens is 398 g/mol. The molecular formula is C22H33N5O2S. The fraction of sp³-hybridized carbons (Fsp3) is 0.636. The summed E-state index contributed by atoms with van der Waals surface area (Å²) >= 11 is 1.63. The molecule has 0 radical (unpaired) electrons. The van der Waals surface area contributed by atoms with Gasteiger partial charge >= 0.3 is 0 Å². The van der Waals surface area contributed by atoms with E-state index in [0.29, 0.717) is 47.3 Å². The molecule has 7 nitrogen and oxygen atoms in total. The van der Waals surface area contributed by atoms with Gasteiger partial charge in [0.1, 0.15) is 11.2 Å². The zero-order valence-corrected chi connectivity index (χ0v) is 18.9. The van der Waals surface area contributed by atoms with Crippen LogP contribution in [0.4, 0.5) is 5.95 Å². The molecule has 1 aliphatic carbocycles. The molecule has 8 heteroatoms. The highest BCUT2D eigenvalue weighted by Gasteiger charge is 2.49. The predicted molar refractivity (Wildman–Crippen MR) is 122 cm³/mol. The predicted octanol–water partition coefficient (Wildman–Crippen LogP) is 2.42. The third-order valence-corrected chi connectivity index (χ3v) is 7.15.